The highest BCUT2D eigenvalue weighted by Gasteiger charge is 2.23. The summed E-state index contributed by atoms with van der Waals surface area (Å²) in [5.74, 6) is -0.0326. The summed E-state index contributed by atoms with van der Waals surface area (Å²) in [6, 6.07) is 0.488. The minimum Gasteiger partial charge on any atom is -0.476 e. The molecule has 1 heterocycles. The lowest BCUT2D eigenvalue weighted by molar-refractivity contribution is 0.0696. The largest absolute Gasteiger partial charge is 0.476 e. The second-order valence-corrected chi connectivity index (χ2v) is 5.27. The van der Waals surface area contributed by atoms with Gasteiger partial charge in [-0.05, 0) is 19.3 Å². The quantitative estimate of drug-likeness (QED) is 0.799. The van der Waals surface area contributed by atoms with Crippen LogP contribution >= 0.6 is 11.3 Å². The molecule has 0 saturated heterocycles. The smallest absolute Gasteiger partial charge is 0.365 e. The Hall–Kier alpha value is -0.940. The molecule has 2 rings (SSSR count). The molecule has 2 N–H and O–H groups in total. The molecule has 1 aromatic rings. The Balaban J connectivity index is 1.76. The molecule has 1 aliphatic rings. The zero-order valence-electron chi connectivity index (χ0n) is 9.27. The van der Waals surface area contributed by atoms with Gasteiger partial charge in [-0.3, -0.25) is 0 Å². The van der Waals surface area contributed by atoms with E-state index in [0.717, 1.165) is 11.6 Å². The molecular weight excluding hydrogens is 224 g/mol. The summed E-state index contributed by atoms with van der Waals surface area (Å²) in [7, 11) is 0. The van der Waals surface area contributed by atoms with Crippen molar-refractivity contribution >= 4 is 17.3 Å². The third-order valence-corrected chi connectivity index (χ3v) is 3.63. The van der Waals surface area contributed by atoms with Gasteiger partial charge >= 0.3 is 5.97 Å². The van der Waals surface area contributed by atoms with Gasteiger partial charge in [-0.15, -0.1) is 11.3 Å². The van der Waals surface area contributed by atoms with Gasteiger partial charge in [0.15, 0.2) is 0 Å². The van der Waals surface area contributed by atoms with Crippen LogP contribution in [0.4, 0.5) is 0 Å². The van der Waals surface area contributed by atoms with Crippen LogP contribution in [0, 0.1) is 5.92 Å². The molecule has 4 nitrogen and oxygen atoms in total. The van der Waals surface area contributed by atoms with Gasteiger partial charge in [0.25, 0.3) is 0 Å². The molecule has 16 heavy (non-hydrogen) atoms. The van der Waals surface area contributed by atoms with Gasteiger partial charge in [-0.25, -0.2) is 9.78 Å². The maximum absolute atomic E-state index is 10.6. The van der Waals surface area contributed by atoms with Gasteiger partial charge in [-0.2, -0.15) is 0 Å². The van der Waals surface area contributed by atoms with Crippen LogP contribution in [-0.2, 0) is 6.54 Å². The number of nitrogens with one attached hydrogen (secondary N) is 1. The Bertz CT molecular complexity index is 374. The van der Waals surface area contributed by atoms with E-state index in [1.54, 1.807) is 5.38 Å². The van der Waals surface area contributed by atoms with Crippen molar-refractivity contribution in [3.63, 3.8) is 0 Å². The number of carboxylic acid groups (broad SMARTS) is 1. The average Bonchev–Trinajstić information content (AvgIpc) is 2.91. The van der Waals surface area contributed by atoms with Gasteiger partial charge in [0.1, 0.15) is 0 Å². The van der Waals surface area contributed by atoms with Gasteiger partial charge in [-0.1, -0.05) is 12.8 Å². The number of carboxylic acids is 1. The Morgan fingerprint density at radius 1 is 1.75 bits per heavy atom. The van der Waals surface area contributed by atoms with Crippen LogP contribution < -0.4 is 5.32 Å². The molecule has 0 aromatic carbocycles. The number of hydrogen-bond donors (Lipinski definition) is 2. The Morgan fingerprint density at radius 3 is 3.06 bits per heavy atom. The first-order chi connectivity index (χ1) is 7.65. The van der Waals surface area contributed by atoms with Crippen LogP contribution in [0.25, 0.3) is 0 Å². The predicted molar refractivity (Wildman–Crippen MR) is 62.7 cm³/mol. The number of hydrogen-bond acceptors (Lipinski definition) is 4. The van der Waals surface area contributed by atoms with Crippen LogP contribution in [0.5, 0.6) is 0 Å². The van der Waals surface area contributed by atoms with Crippen molar-refractivity contribution in [3.8, 4) is 0 Å². The lowest BCUT2D eigenvalue weighted by Gasteiger charge is -2.11. The molecule has 1 fully saturated rings. The van der Waals surface area contributed by atoms with Crippen molar-refractivity contribution < 1.29 is 9.90 Å². The Morgan fingerprint density at radius 2 is 2.50 bits per heavy atom. The standard InChI is InChI=1S/C11H16N2O2S/c1-7(4-8-2-3-8)12-5-9-6-16-10(13-9)11(14)15/h6-8,12H,2-5H2,1H3,(H,14,15). The van der Waals surface area contributed by atoms with E-state index >= 15 is 0 Å². The van der Waals surface area contributed by atoms with Crippen molar-refractivity contribution in [2.75, 3.05) is 0 Å². The maximum Gasteiger partial charge on any atom is 0.365 e. The fourth-order valence-electron chi connectivity index (χ4n) is 1.70. The number of nitrogens with zero attached hydrogens (tertiary/aromatic N) is 1. The molecule has 88 valence electrons. The molecule has 1 aromatic heterocycles. The summed E-state index contributed by atoms with van der Waals surface area (Å²) in [6.07, 6.45) is 3.95. The summed E-state index contributed by atoms with van der Waals surface area (Å²) < 4.78 is 0. The predicted octanol–water partition coefficient (Wildman–Crippen LogP) is 2.12. The summed E-state index contributed by atoms with van der Waals surface area (Å²) in [5, 5.41) is 14.1. The van der Waals surface area contributed by atoms with Crippen molar-refractivity contribution in [2.24, 2.45) is 5.92 Å². The Labute approximate surface area is 98.7 Å². The van der Waals surface area contributed by atoms with Gasteiger partial charge in [0.05, 0.1) is 5.69 Å². The summed E-state index contributed by atoms with van der Waals surface area (Å²) in [4.78, 5) is 14.7. The first kappa shape index (κ1) is 11.5. The summed E-state index contributed by atoms with van der Waals surface area (Å²) >= 11 is 1.18. The van der Waals surface area contributed by atoms with Gasteiger partial charge in [0, 0.05) is 18.0 Å². The van der Waals surface area contributed by atoms with E-state index in [1.807, 2.05) is 0 Å². The monoisotopic (exact) mass is 240 g/mol. The molecule has 1 aliphatic carbocycles. The third-order valence-electron chi connectivity index (χ3n) is 2.75. The second-order valence-electron chi connectivity index (χ2n) is 4.41. The SMILES string of the molecule is CC(CC1CC1)NCc1csc(C(=O)O)n1. The fraction of sp³-hybridized carbons (Fsp3) is 0.636. The van der Waals surface area contributed by atoms with E-state index < -0.39 is 5.97 Å². The molecule has 0 amide bonds. The highest BCUT2D eigenvalue weighted by molar-refractivity contribution is 7.11. The molecule has 0 spiro atoms. The molecule has 1 saturated carbocycles. The van der Waals surface area contributed by atoms with Crippen LogP contribution in [0.1, 0.15) is 41.7 Å². The minimum atomic E-state index is -0.942. The van der Waals surface area contributed by atoms with Gasteiger partial charge in [0.2, 0.25) is 5.01 Å². The number of thiazole rings is 1. The highest BCUT2D eigenvalue weighted by Crippen LogP contribution is 2.33. The highest BCUT2D eigenvalue weighted by atomic mass is 32.1. The van der Waals surface area contributed by atoms with Crippen molar-refractivity contribution in [1.82, 2.24) is 10.3 Å². The van der Waals surface area contributed by atoms with E-state index in [4.69, 9.17) is 5.11 Å². The molecule has 1 atom stereocenters. The number of aromatic carboxylic acids is 1. The first-order valence-corrected chi connectivity index (χ1v) is 6.44. The molecule has 0 radical (unpaired) electrons. The molecular formula is C11H16N2O2S. The molecule has 5 heteroatoms. The van der Waals surface area contributed by atoms with E-state index in [9.17, 15) is 4.79 Å². The molecule has 0 bridgehead atoms. The maximum atomic E-state index is 10.6. The van der Waals surface area contributed by atoms with Crippen LogP contribution in [0.15, 0.2) is 5.38 Å². The van der Waals surface area contributed by atoms with Crippen molar-refractivity contribution in [2.45, 2.75) is 38.8 Å². The second kappa shape index (κ2) is 4.93. The van der Waals surface area contributed by atoms with Crippen LogP contribution in [0.3, 0.4) is 0 Å². The van der Waals surface area contributed by atoms with Crippen LogP contribution in [-0.4, -0.2) is 22.1 Å². The van der Waals surface area contributed by atoms with Gasteiger partial charge < -0.3 is 10.4 Å². The number of rotatable bonds is 6. The van der Waals surface area contributed by atoms with Crippen molar-refractivity contribution in [3.05, 3.63) is 16.1 Å². The molecule has 1 unspecified atom stereocenters. The third kappa shape index (κ3) is 3.28. The number of carbonyl (C=O) groups is 1. The molecule has 0 aliphatic heterocycles. The minimum absolute atomic E-state index is 0.173. The first-order valence-electron chi connectivity index (χ1n) is 5.56. The topological polar surface area (TPSA) is 62.2 Å². The van der Waals surface area contributed by atoms with Crippen LogP contribution in [0.2, 0.25) is 0 Å². The lowest BCUT2D eigenvalue weighted by atomic mass is 10.1. The van der Waals surface area contributed by atoms with E-state index in [0.29, 0.717) is 12.6 Å². The van der Waals surface area contributed by atoms with E-state index in [1.165, 1.54) is 30.6 Å². The number of aromatic nitrogens is 1. The zero-order chi connectivity index (χ0) is 11.5. The Kier molecular flexibility index (Phi) is 3.56. The summed E-state index contributed by atoms with van der Waals surface area (Å²) in [6.45, 7) is 2.83. The fourth-order valence-corrected chi connectivity index (χ4v) is 2.36. The zero-order valence-corrected chi connectivity index (χ0v) is 10.1. The lowest BCUT2D eigenvalue weighted by Crippen LogP contribution is -2.26. The van der Waals surface area contributed by atoms with E-state index in [2.05, 4.69) is 17.2 Å². The normalized spacial score (nSPS) is 17.3. The van der Waals surface area contributed by atoms with Crippen molar-refractivity contribution in [1.29, 1.82) is 0 Å². The summed E-state index contributed by atoms with van der Waals surface area (Å²) in [5.41, 5.74) is 0.824. The average molecular weight is 240 g/mol. The van der Waals surface area contributed by atoms with E-state index in [-0.39, 0.29) is 5.01 Å².